The predicted molar refractivity (Wildman–Crippen MR) is 44.8 cm³/mol. The molecule has 1 fully saturated rings. The smallest absolute Gasteiger partial charge is 0.0191 e. The van der Waals surface area contributed by atoms with Crippen LogP contribution in [0.1, 0.15) is 20.3 Å². The van der Waals surface area contributed by atoms with Crippen LogP contribution in [0.3, 0.4) is 0 Å². The molecule has 1 rings (SSSR count). The van der Waals surface area contributed by atoms with Crippen LogP contribution in [0.4, 0.5) is 0 Å². The van der Waals surface area contributed by atoms with Gasteiger partial charge in [0.25, 0.3) is 0 Å². The summed E-state index contributed by atoms with van der Waals surface area (Å²) in [6.07, 6.45) is 1.20. The Morgan fingerprint density at radius 3 is 2.70 bits per heavy atom. The molecule has 0 spiro atoms. The van der Waals surface area contributed by atoms with Crippen molar-refractivity contribution in [2.45, 2.75) is 20.3 Å². The summed E-state index contributed by atoms with van der Waals surface area (Å²) < 4.78 is 0. The standard InChI is InChI=1S/C9H16N/c1-8(2)6-10-5-4-9(3)7-10/h3-7H2,1-2H3. The lowest BCUT2D eigenvalue weighted by Crippen LogP contribution is -2.23. The van der Waals surface area contributed by atoms with Crippen LogP contribution in [0.15, 0.2) is 12.2 Å². The highest BCUT2D eigenvalue weighted by Crippen LogP contribution is 2.14. The Morgan fingerprint density at radius 2 is 2.30 bits per heavy atom. The van der Waals surface area contributed by atoms with Crippen molar-refractivity contribution in [1.29, 1.82) is 0 Å². The molecule has 0 unspecified atom stereocenters. The van der Waals surface area contributed by atoms with Crippen LogP contribution in [0.25, 0.3) is 0 Å². The molecule has 1 radical (unpaired) electrons. The number of hydrogen-bond donors (Lipinski definition) is 0. The van der Waals surface area contributed by atoms with E-state index in [9.17, 15) is 0 Å². The molecule has 1 heterocycles. The minimum absolute atomic E-state index is 1.12. The molecule has 0 saturated carbocycles. The number of nitrogens with zero attached hydrogens (tertiary/aromatic N) is 1. The van der Waals surface area contributed by atoms with Crippen LogP contribution >= 0.6 is 0 Å². The van der Waals surface area contributed by atoms with Crippen LogP contribution in [0.2, 0.25) is 0 Å². The zero-order valence-electron chi connectivity index (χ0n) is 6.98. The first-order chi connectivity index (χ1) is 4.68. The summed E-state index contributed by atoms with van der Waals surface area (Å²) in [4.78, 5) is 2.44. The zero-order chi connectivity index (χ0) is 7.56. The van der Waals surface area contributed by atoms with E-state index in [1.54, 1.807) is 0 Å². The second-order valence-electron chi connectivity index (χ2n) is 3.42. The second kappa shape index (κ2) is 3.20. The molecule has 0 amide bonds. The van der Waals surface area contributed by atoms with Gasteiger partial charge >= 0.3 is 0 Å². The Kier molecular flexibility index (Phi) is 2.50. The fraction of sp³-hybridized carbons (Fsp3) is 0.667. The molecule has 1 heteroatoms. The average molecular weight is 138 g/mol. The van der Waals surface area contributed by atoms with Crippen LogP contribution in [0.5, 0.6) is 0 Å². The predicted octanol–water partition coefficient (Wildman–Crippen LogP) is 1.86. The normalized spacial score (nSPS) is 20.9. The minimum Gasteiger partial charge on any atom is -0.299 e. The summed E-state index contributed by atoms with van der Waals surface area (Å²) in [6, 6.07) is 0. The molecule has 0 aromatic heterocycles. The highest BCUT2D eigenvalue weighted by molar-refractivity contribution is 5.04. The van der Waals surface area contributed by atoms with Crippen molar-refractivity contribution in [3.05, 3.63) is 18.1 Å². The van der Waals surface area contributed by atoms with Crippen molar-refractivity contribution in [2.75, 3.05) is 19.6 Å². The van der Waals surface area contributed by atoms with E-state index in [1.165, 1.54) is 24.5 Å². The molecule has 0 aromatic carbocycles. The van der Waals surface area contributed by atoms with Crippen molar-refractivity contribution >= 4 is 0 Å². The first-order valence-corrected chi connectivity index (χ1v) is 3.86. The van der Waals surface area contributed by atoms with Gasteiger partial charge in [0.1, 0.15) is 0 Å². The van der Waals surface area contributed by atoms with E-state index < -0.39 is 0 Å². The van der Waals surface area contributed by atoms with Crippen molar-refractivity contribution in [3.8, 4) is 0 Å². The van der Waals surface area contributed by atoms with Crippen LogP contribution in [0, 0.1) is 5.92 Å². The third kappa shape index (κ3) is 2.14. The summed E-state index contributed by atoms with van der Waals surface area (Å²) in [6.45, 7) is 11.8. The van der Waals surface area contributed by atoms with Gasteiger partial charge in [-0.1, -0.05) is 26.0 Å². The summed E-state index contributed by atoms with van der Waals surface area (Å²) >= 11 is 0. The zero-order valence-corrected chi connectivity index (χ0v) is 6.98. The van der Waals surface area contributed by atoms with Gasteiger partial charge in [0.05, 0.1) is 0 Å². The van der Waals surface area contributed by atoms with Crippen molar-refractivity contribution in [2.24, 2.45) is 0 Å². The molecule has 1 saturated heterocycles. The van der Waals surface area contributed by atoms with E-state index in [4.69, 9.17) is 0 Å². The first-order valence-electron chi connectivity index (χ1n) is 3.86. The largest absolute Gasteiger partial charge is 0.299 e. The van der Waals surface area contributed by atoms with Crippen molar-refractivity contribution in [1.82, 2.24) is 4.90 Å². The second-order valence-corrected chi connectivity index (χ2v) is 3.42. The molecule has 0 aliphatic carbocycles. The maximum atomic E-state index is 3.96. The lowest BCUT2D eigenvalue weighted by atomic mass is 10.2. The SMILES string of the molecule is C=C1CCN(C[C](C)C)C1. The molecular weight excluding hydrogens is 122 g/mol. The quantitative estimate of drug-likeness (QED) is 0.526. The lowest BCUT2D eigenvalue weighted by molar-refractivity contribution is 0.358. The van der Waals surface area contributed by atoms with Gasteiger partial charge in [-0.3, -0.25) is 4.90 Å². The van der Waals surface area contributed by atoms with Crippen molar-refractivity contribution < 1.29 is 0 Å². The Balaban J connectivity index is 2.24. The maximum Gasteiger partial charge on any atom is 0.0191 e. The van der Waals surface area contributed by atoms with Gasteiger partial charge in [0, 0.05) is 19.6 Å². The summed E-state index contributed by atoms with van der Waals surface area (Å²) in [5.41, 5.74) is 1.39. The van der Waals surface area contributed by atoms with Gasteiger partial charge in [-0.25, -0.2) is 0 Å². The molecule has 0 aromatic rings. The van der Waals surface area contributed by atoms with E-state index in [2.05, 4.69) is 25.3 Å². The van der Waals surface area contributed by atoms with E-state index in [1.807, 2.05) is 0 Å². The van der Waals surface area contributed by atoms with E-state index in [0.29, 0.717) is 0 Å². The van der Waals surface area contributed by atoms with E-state index in [0.717, 1.165) is 13.1 Å². The fourth-order valence-corrected chi connectivity index (χ4v) is 1.37. The molecule has 1 aliphatic heterocycles. The molecule has 1 aliphatic rings. The number of rotatable bonds is 2. The lowest BCUT2D eigenvalue weighted by Gasteiger charge is -2.15. The Bertz CT molecular complexity index is 127. The molecular formula is C9H16N. The van der Waals surface area contributed by atoms with E-state index >= 15 is 0 Å². The van der Waals surface area contributed by atoms with Gasteiger partial charge in [-0.05, 0) is 12.3 Å². The third-order valence-electron chi connectivity index (χ3n) is 1.77. The van der Waals surface area contributed by atoms with Crippen LogP contribution < -0.4 is 0 Å². The number of likely N-dealkylation sites (tertiary alicyclic amines) is 1. The van der Waals surface area contributed by atoms with Gasteiger partial charge in [-0.2, -0.15) is 0 Å². The van der Waals surface area contributed by atoms with Gasteiger partial charge < -0.3 is 0 Å². The van der Waals surface area contributed by atoms with Gasteiger partial charge in [-0.15, -0.1) is 0 Å². The third-order valence-corrected chi connectivity index (χ3v) is 1.77. The molecule has 57 valence electrons. The minimum atomic E-state index is 1.12. The molecule has 0 atom stereocenters. The summed E-state index contributed by atoms with van der Waals surface area (Å²) in [7, 11) is 0. The van der Waals surface area contributed by atoms with Crippen LogP contribution in [-0.2, 0) is 0 Å². The maximum absolute atomic E-state index is 3.96. The highest BCUT2D eigenvalue weighted by atomic mass is 15.1. The summed E-state index contributed by atoms with van der Waals surface area (Å²) in [5.74, 6) is 1.50. The highest BCUT2D eigenvalue weighted by Gasteiger charge is 2.14. The van der Waals surface area contributed by atoms with Gasteiger partial charge in [0.15, 0.2) is 0 Å². The average Bonchev–Trinajstić information content (AvgIpc) is 2.13. The van der Waals surface area contributed by atoms with Crippen molar-refractivity contribution in [3.63, 3.8) is 0 Å². The molecule has 10 heavy (non-hydrogen) atoms. The van der Waals surface area contributed by atoms with E-state index in [-0.39, 0.29) is 0 Å². The first kappa shape index (κ1) is 7.80. The molecule has 1 nitrogen and oxygen atoms in total. The Labute approximate surface area is 63.7 Å². The molecule has 0 bridgehead atoms. The van der Waals surface area contributed by atoms with Gasteiger partial charge in [0.2, 0.25) is 0 Å². The molecule has 0 N–H and O–H groups in total. The summed E-state index contributed by atoms with van der Waals surface area (Å²) in [5, 5.41) is 0. The number of hydrogen-bond acceptors (Lipinski definition) is 1. The Hall–Kier alpha value is -0.300. The van der Waals surface area contributed by atoms with Crippen LogP contribution in [-0.4, -0.2) is 24.5 Å². The topological polar surface area (TPSA) is 3.24 Å². The Morgan fingerprint density at radius 1 is 1.60 bits per heavy atom. The monoisotopic (exact) mass is 138 g/mol. The fourth-order valence-electron chi connectivity index (χ4n) is 1.37.